The van der Waals surface area contributed by atoms with Crippen LogP contribution >= 0.6 is 12.4 Å². The Labute approximate surface area is 211 Å². The first-order valence-electron chi connectivity index (χ1n) is 12.0. The van der Waals surface area contributed by atoms with Gasteiger partial charge in [-0.25, -0.2) is 4.98 Å². The third kappa shape index (κ3) is 4.21. The molecule has 0 radical (unpaired) electrons. The molecule has 1 aromatic carbocycles. The average molecular weight is 488 g/mol. The first-order chi connectivity index (χ1) is 16.5. The summed E-state index contributed by atoms with van der Waals surface area (Å²) in [6.45, 7) is 8.30. The molecule has 0 spiro atoms. The first kappa shape index (κ1) is 23.5. The van der Waals surface area contributed by atoms with Crippen molar-refractivity contribution < 1.29 is 4.79 Å². The number of nitrogens with one attached hydrogen (secondary N) is 2. The van der Waals surface area contributed by atoms with Crippen LogP contribution < -0.4 is 5.32 Å². The molecule has 1 atom stereocenters. The number of benzene rings is 1. The zero-order chi connectivity index (χ0) is 23.4. The van der Waals surface area contributed by atoms with Crippen LogP contribution in [-0.4, -0.2) is 32.3 Å². The molecule has 5 heterocycles. The number of aromatic nitrogens is 3. The SMILES string of the molecule is Cc1cc(C(=O)N2Cc3cc(-c4cnc5[nH]cc(C)c5c4)cc([C@@H]4CCCN4)c3C2)cc(C)n1.Cl. The van der Waals surface area contributed by atoms with Crippen LogP contribution in [0.25, 0.3) is 22.2 Å². The molecule has 2 aliphatic heterocycles. The summed E-state index contributed by atoms with van der Waals surface area (Å²) in [7, 11) is 0. The number of H-pyrrole nitrogens is 1. The van der Waals surface area contributed by atoms with Gasteiger partial charge in [0.05, 0.1) is 0 Å². The van der Waals surface area contributed by atoms with Crippen molar-refractivity contribution in [2.24, 2.45) is 0 Å². The van der Waals surface area contributed by atoms with Gasteiger partial charge in [0.1, 0.15) is 5.65 Å². The molecular formula is C28H30ClN5O. The molecule has 0 unspecified atom stereocenters. The van der Waals surface area contributed by atoms with E-state index in [0.29, 0.717) is 19.1 Å². The number of nitrogens with zero attached hydrogens (tertiary/aromatic N) is 3. The molecule has 6 nitrogen and oxygen atoms in total. The summed E-state index contributed by atoms with van der Waals surface area (Å²) in [5.41, 5.74) is 10.7. The number of aryl methyl sites for hydroxylation is 3. The molecule has 6 rings (SSSR count). The molecule has 0 saturated carbocycles. The lowest BCUT2D eigenvalue weighted by Gasteiger charge is -2.18. The van der Waals surface area contributed by atoms with E-state index in [1.807, 2.05) is 43.3 Å². The quantitative estimate of drug-likeness (QED) is 0.397. The van der Waals surface area contributed by atoms with E-state index in [2.05, 4.69) is 45.4 Å². The Bertz CT molecular complexity index is 1420. The minimum atomic E-state index is 0. The molecule has 7 heteroatoms. The summed E-state index contributed by atoms with van der Waals surface area (Å²) in [4.78, 5) is 27.7. The van der Waals surface area contributed by atoms with E-state index >= 15 is 0 Å². The number of fused-ring (bicyclic) bond motifs is 2. The normalized spacial score (nSPS) is 17.0. The summed E-state index contributed by atoms with van der Waals surface area (Å²) in [5.74, 6) is 0.0720. The lowest BCUT2D eigenvalue weighted by Crippen LogP contribution is -2.26. The Balaban J connectivity index is 0.00000253. The van der Waals surface area contributed by atoms with Crippen molar-refractivity contribution in [3.63, 3.8) is 0 Å². The number of carbonyl (C=O) groups excluding carboxylic acids is 1. The van der Waals surface area contributed by atoms with Crippen LogP contribution in [0.2, 0.25) is 0 Å². The van der Waals surface area contributed by atoms with Gasteiger partial charge in [0.2, 0.25) is 0 Å². The van der Waals surface area contributed by atoms with Gasteiger partial charge in [0, 0.05) is 59.4 Å². The lowest BCUT2D eigenvalue weighted by molar-refractivity contribution is 0.0750. The monoisotopic (exact) mass is 487 g/mol. The maximum atomic E-state index is 13.4. The summed E-state index contributed by atoms with van der Waals surface area (Å²) >= 11 is 0. The van der Waals surface area contributed by atoms with Crippen molar-refractivity contribution in [2.75, 3.05) is 6.54 Å². The number of amides is 1. The van der Waals surface area contributed by atoms with Crippen molar-refractivity contribution in [3.05, 3.63) is 81.9 Å². The largest absolute Gasteiger partial charge is 0.346 e. The summed E-state index contributed by atoms with van der Waals surface area (Å²) in [5, 5.41) is 4.83. The van der Waals surface area contributed by atoms with Crippen molar-refractivity contribution >= 4 is 29.3 Å². The highest BCUT2D eigenvalue weighted by molar-refractivity contribution is 5.95. The Hall–Kier alpha value is -3.22. The van der Waals surface area contributed by atoms with Crippen LogP contribution in [0.15, 0.2) is 42.7 Å². The molecule has 1 saturated heterocycles. The van der Waals surface area contributed by atoms with Gasteiger partial charge in [0.25, 0.3) is 5.91 Å². The van der Waals surface area contributed by atoms with Crippen LogP contribution in [0.5, 0.6) is 0 Å². The Morgan fingerprint density at radius 2 is 1.83 bits per heavy atom. The van der Waals surface area contributed by atoms with Gasteiger partial charge in [-0.05, 0) is 98.3 Å². The van der Waals surface area contributed by atoms with Crippen LogP contribution in [0.4, 0.5) is 0 Å². The minimum Gasteiger partial charge on any atom is -0.346 e. The number of carbonyl (C=O) groups is 1. The smallest absolute Gasteiger partial charge is 0.254 e. The fourth-order valence-electron chi connectivity index (χ4n) is 5.55. The summed E-state index contributed by atoms with van der Waals surface area (Å²) in [6.07, 6.45) is 6.26. The molecular weight excluding hydrogens is 458 g/mol. The number of halogens is 1. The van der Waals surface area contributed by atoms with Crippen molar-refractivity contribution in [2.45, 2.75) is 52.7 Å². The van der Waals surface area contributed by atoms with Crippen LogP contribution in [0.3, 0.4) is 0 Å². The van der Waals surface area contributed by atoms with E-state index in [4.69, 9.17) is 0 Å². The second kappa shape index (κ2) is 9.10. The second-order valence-corrected chi connectivity index (χ2v) is 9.74. The Morgan fingerprint density at radius 3 is 2.57 bits per heavy atom. The van der Waals surface area contributed by atoms with Crippen LogP contribution in [-0.2, 0) is 13.1 Å². The molecule has 4 aromatic rings. The van der Waals surface area contributed by atoms with Gasteiger partial charge in [0.15, 0.2) is 0 Å². The van der Waals surface area contributed by atoms with E-state index in [1.54, 1.807) is 0 Å². The average Bonchev–Trinajstić information content (AvgIpc) is 3.57. The molecule has 3 aromatic heterocycles. The number of rotatable bonds is 3. The fourth-order valence-corrected chi connectivity index (χ4v) is 5.55. The van der Waals surface area contributed by atoms with Crippen molar-refractivity contribution in [1.82, 2.24) is 25.2 Å². The zero-order valence-electron chi connectivity index (χ0n) is 20.3. The molecule has 2 aliphatic rings. The maximum absolute atomic E-state index is 13.4. The van der Waals surface area contributed by atoms with Gasteiger partial charge in [-0.15, -0.1) is 12.4 Å². The number of aromatic amines is 1. The highest BCUT2D eigenvalue weighted by Crippen LogP contribution is 2.38. The van der Waals surface area contributed by atoms with E-state index in [0.717, 1.165) is 46.5 Å². The Kier molecular flexibility index (Phi) is 6.11. The van der Waals surface area contributed by atoms with Gasteiger partial charge in [-0.3, -0.25) is 9.78 Å². The van der Waals surface area contributed by atoms with E-state index in [-0.39, 0.29) is 18.3 Å². The predicted octanol–water partition coefficient (Wildman–Crippen LogP) is 5.55. The lowest BCUT2D eigenvalue weighted by atomic mass is 9.91. The topological polar surface area (TPSA) is 73.9 Å². The highest BCUT2D eigenvalue weighted by atomic mass is 35.5. The predicted molar refractivity (Wildman–Crippen MR) is 141 cm³/mol. The molecule has 0 aliphatic carbocycles. The van der Waals surface area contributed by atoms with Gasteiger partial charge in [-0.1, -0.05) is 0 Å². The molecule has 1 fully saturated rings. The fraction of sp³-hybridized carbons (Fsp3) is 0.321. The minimum absolute atomic E-state index is 0. The van der Waals surface area contributed by atoms with E-state index in [9.17, 15) is 4.79 Å². The standard InChI is InChI=1S/C28H29N5O.ClH/c1-16-12-30-27-23(16)11-21(13-31-27)19-9-22-14-33(28(34)20-7-17(2)32-18(3)8-20)15-25(22)24(10-19)26-5-4-6-29-26;/h7-13,26,29H,4-6,14-15H2,1-3H3,(H,30,31);1H/t26-;/m0./s1. The van der Waals surface area contributed by atoms with Crippen LogP contribution in [0, 0.1) is 20.8 Å². The van der Waals surface area contributed by atoms with Gasteiger partial charge < -0.3 is 15.2 Å². The molecule has 2 N–H and O–H groups in total. The number of hydrogen-bond acceptors (Lipinski definition) is 4. The third-order valence-corrected chi connectivity index (χ3v) is 7.21. The zero-order valence-corrected chi connectivity index (χ0v) is 21.1. The molecule has 1 amide bonds. The van der Waals surface area contributed by atoms with Crippen molar-refractivity contribution in [3.8, 4) is 11.1 Å². The van der Waals surface area contributed by atoms with E-state index in [1.165, 1.54) is 34.2 Å². The second-order valence-electron chi connectivity index (χ2n) is 9.74. The van der Waals surface area contributed by atoms with Gasteiger partial charge in [-0.2, -0.15) is 0 Å². The number of hydrogen-bond donors (Lipinski definition) is 2. The van der Waals surface area contributed by atoms with E-state index < -0.39 is 0 Å². The van der Waals surface area contributed by atoms with Gasteiger partial charge >= 0.3 is 0 Å². The highest BCUT2D eigenvalue weighted by Gasteiger charge is 2.30. The number of pyridine rings is 2. The van der Waals surface area contributed by atoms with Crippen molar-refractivity contribution in [1.29, 1.82) is 0 Å². The van der Waals surface area contributed by atoms with Crippen LogP contribution in [0.1, 0.15) is 62.9 Å². The third-order valence-electron chi connectivity index (χ3n) is 7.21. The summed E-state index contributed by atoms with van der Waals surface area (Å²) < 4.78 is 0. The summed E-state index contributed by atoms with van der Waals surface area (Å²) in [6, 6.07) is 10.9. The Morgan fingerprint density at radius 1 is 1.03 bits per heavy atom. The molecule has 180 valence electrons. The molecule has 0 bridgehead atoms. The molecule has 35 heavy (non-hydrogen) atoms. The maximum Gasteiger partial charge on any atom is 0.254 e. The first-order valence-corrected chi connectivity index (χ1v) is 12.0.